The second-order valence-corrected chi connectivity index (χ2v) is 5.78. The van der Waals surface area contributed by atoms with E-state index in [1.165, 1.54) is 7.11 Å². The molecule has 0 aliphatic rings. The van der Waals surface area contributed by atoms with Crippen LogP contribution in [-0.2, 0) is 21.0 Å². The minimum absolute atomic E-state index is 0.181. The van der Waals surface area contributed by atoms with Crippen molar-refractivity contribution in [2.24, 2.45) is 10.9 Å². The van der Waals surface area contributed by atoms with E-state index in [-0.39, 0.29) is 6.61 Å². The van der Waals surface area contributed by atoms with Gasteiger partial charge in [0, 0.05) is 5.56 Å². The Morgan fingerprint density at radius 1 is 1.27 bits per heavy atom. The van der Waals surface area contributed by atoms with Crippen LogP contribution in [0.1, 0.15) is 40.8 Å². The van der Waals surface area contributed by atoms with Crippen molar-refractivity contribution < 1.29 is 14.4 Å². The number of nitrogens with two attached hydrogens (primary N) is 1. The second-order valence-electron chi connectivity index (χ2n) is 5.78. The van der Waals surface area contributed by atoms with Gasteiger partial charge in [-0.15, -0.1) is 0 Å². The van der Waals surface area contributed by atoms with Gasteiger partial charge in [0.1, 0.15) is 12.6 Å². The summed E-state index contributed by atoms with van der Waals surface area (Å²) in [5, 5.41) is 13.0. The Morgan fingerprint density at radius 2 is 1.96 bits per heavy atom. The third-order valence-electron chi connectivity index (χ3n) is 4.08. The molecule has 0 aromatic heterocycles. The molecule has 0 spiro atoms. The first-order valence-corrected chi connectivity index (χ1v) is 8.06. The number of carbonyl (C=O) groups is 1. The Bertz CT molecular complexity index is 852. The van der Waals surface area contributed by atoms with Gasteiger partial charge in [0.15, 0.2) is 0 Å². The summed E-state index contributed by atoms with van der Waals surface area (Å²) in [5.41, 5.74) is 10.5. The van der Waals surface area contributed by atoms with Gasteiger partial charge in [-0.05, 0) is 42.7 Å². The van der Waals surface area contributed by atoms with E-state index in [0.717, 1.165) is 16.7 Å². The predicted molar refractivity (Wildman–Crippen MR) is 98.3 cm³/mol. The summed E-state index contributed by atoms with van der Waals surface area (Å²) in [7, 11) is 1.30. The van der Waals surface area contributed by atoms with Crippen LogP contribution in [0.4, 0.5) is 0 Å². The quantitative estimate of drug-likeness (QED) is 0.490. The maximum Gasteiger partial charge on any atom is 0.327 e. The number of esters is 1. The number of nitriles is 1. The minimum atomic E-state index is -0.873. The van der Waals surface area contributed by atoms with Crippen LogP contribution in [0.2, 0.25) is 0 Å². The summed E-state index contributed by atoms with van der Waals surface area (Å²) in [6.07, 6.45) is 0. The number of benzene rings is 2. The van der Waals surface area contributed by atoms with Crippen molar-refractivity contribution in [1.29, 1.82) is 5.26 Å². The van der Waals surface area contributed by atoms with Gasteiger partial charge < -0.3 is 15.3 Å². The van der Waals surface area contributed by atoms with E-state index in [0.29, 0.717) is 16.8 Å². The number of rotatable bonds is 6. The summed E-state index contributed by atoms with van der Waals surface area (Å²) in [5.74, 6) is -0.505. The van der Waals surface area contributed by atoms with Gasteiger partial charge in [-0.25, -0.2) is 0 Å². The number of oxime groups is 1. The van der Waals surface area contributed by atoms with E-state index >= 15 is 0 Å². The van der Waals surface area contributed by atoms with Crippen LogP contribution >= 0.6 is 0 Å². The molecule has 2 N–H and O–H groups in total. The lowest BCUT2D eigenvalue weighted by Crippen LogP contribution is -2.24. The molecule has 0 heterocycles. The van der Waals surface area contributed by atoms with Gasteiger partial charge in [0.05, 0.1) is 24.5 Å². The smallest absolute Gasteiger partial charge is 0.327 e. The molecule has 0 amide bonds. The maximum atomic E-state index is 11.8. The fraction of sp³-hybridized carbons (Fsp3) is 0.250. The highest BCUT2D eigenvalue weighted by Gasteiger charge is 2.20. The zero-order chi connectivity index (χ0) is 19.1. The summed E-state index contributed by atoms with van der Waals surface area (Å²) in [6.45, 7) is 3.92. The Kier molecular flexibility index (Phi) is 6.48. The molecular formula is C20H21N3O3. The first kappa shape index (κ1) is 19.2. The monoisotopic (exact) mass is 351 g/mol. The third-order valence-corrected chi connectivity index (χ3v) is 4.08. The highest BCUT2D eigenvalue weighted by molar-refractivity contribution is 5.98. The number of ether oxygens (including phenoxy) is 1. The van der Waals surface area contributed by atoms with Crippen molar-refractivity contribution in [3.05, 3.63) is 70.3 Å². The van der Waals surface area contributed by atoms with Crippen LogP contribution in [0.15, 0.2) is 47.6 Å². The van der Waals surface area contributed by atoms with E-state index in [1.54, 1.807) is 18.2 Å². The van der Waals surface area contributed by atoms with Gasteiger partial charge in [0.2, 0.25) is 0 Å². The topological polar surface area (TPSA) is 97.7 Å². The zero-order valence-corrected chi connectivity index (χ0v) is 15.0. The summed E-state index contributed by atoms with van der Waals surface area (Å²) >= 11 is 0. The molecule has 2 rings (SSSR count). The number of aryl methyl sites for hydroxylation is 1. The van der Waals surface area contributed by atoms with Gasteiger partial charge >= 0.3 is 5.97 Å². The van der Waals surface area contributed by atoms with Crippen LogP contribution in [-0.4, -0.2) is 18.8 Å². The average molecular weight is 351 g/mol. The lowest BCUT2D eigenvalue weighted by molar-refractivity contribution is -0.142. The van der Waals surface area contributed by atoms with E-state index in [1.807, 2.05) is 38.1 Å². The normalized spacial score (nSPS) is 12.2. The molecule has 2 aromatic carbocycles. The molecular weight excluding hydrogens is 330 g/mol. The standard InChI is InChI=1S/C20H21N3O3/c1-13-5-4-6-17(19(22)20(24)25-3)18(13)12-26-23-14(2)16-9-7-15(11-21)8-10-16/h4-10,19H,12,22H2,1-3H3/b23-14+. The summed E-state index contributed by atoms with van der Waals surface area (Å²) in [6, 6.07) is 13.8. The van der Waals surface area contributed by atoms with Crippen LogP contribution < -0.4 is 5.73 Å². The molecule has 6 nitrogen and oxygen atoms in total. The van der Waals surface area contributed by atoms with E-state index in [9.17, 15) is 4.79 Å². The Labute approximate surface area is 152 Å². The molecule has 6 heteroatoms. The van der Waals surface area contributed by atoms with Gasteiger partial charge in [-0.3, -0.25) is 4.79 Å². The van der Waals surface area contributed by atoms with Gasteiger partial charge in [-0.2, -0.15) is 5.26 Å². The molecule has 0 fully saturated rings. The van der Waals surface area contributed by atoms with Gasteiger partial charge in [-0.1, -0.05) is 35.5 Å². The first-order chi connectivity index (χ1) is 12.5. The number of carbonyl (C=O) groups excluding carboxylic acids is 1. The predicted octanol–water partition coefficient (Wildman–Crippen LogP) is 2.98. The summed E-state index contributed by atoms with van der Waals surface area (Å²) in [4.78, 5) is 17.2. The lowest BCUT2D eigenvalue weighted by Gasteiger charge is -2.16. The fourth-order valence-corrected chi connectivity index (χ4v) is 2.50. The van der Waals surface area contributed by atoms with Crippen molar-refractivity contribution in [2.75, 3.05) is 7.11 Å². The maximum absolute atomic E-state index is 11.8. The largest absolute Gasteiger partial charge is 0.468 e. The molecule has 134 valence electrons. The number of nitrogens with zero attached hydrogens (tertiary/aromatic N) is 2. The molecule has 0 radical (unpaired) electrons. The minimum Gasteiger partial charge on any atom is -0.468 e. The van der Waals surface area contributed by atoms with Crippen molar-refractivity contribution in [3.63, 3.8) is 0 Å². The zero-order valence-electron chi connectivity index (χ0n) is 15.0. The van der Waals surface area contributed by atoms with Crippen LogP contribution in [0.25, 0.3) is 0 Å². The van der Waals surface area contributed by atoms with Crippen molar-refractivity contribution >= 4 is 11.7 Å². The van der Waals surface area contributed by atoms with Crippen LogP contribution in [0.5, 0.6) is 0 Å². The molecule has 1 unspecified atom stereocenters. The SMILES string of the molecule is COC(=O)C(N)c1cccc(C)c1CO/N=C(\C)c1ccc(C#N)cc1. The number of hydrogen-bond donors (Lipinski definition) is 1. The second kappa shape index (κ2) is 8.79. The third kappa shape index (κ3) is 4.47. The van der Waals surface area contributed by atoms with E-state index in [2.05, 4.69) is 11.2 Å². The molecule has 0 saturated carbocycles. The Balaban J connectivity index is 2.16. The van der Waals surface area contributed by atoms with E-state index in [4.69, 9.17) is 20.6 Å². The van der Waals surface area contributed by atoms with Crippen LogP contribution in [0.3, 0.4) is 0 Å². The van der Waals surface area contributed by atoms with Crippen molar-refractivity contribution in [2.45, 2.75) is 26.5 Å². The highest BCUT2D eigenvalue weighted by atomic mass is 16.6. The molecule has 0 bridgehead atoms. The molecule has 0 aliphatic heterocycles. The van der Waals surface area contributed by atoms with Gasteiger partial charge in [0.25, 0.3) is 0 Å². The molecule has 26 heavy (non-hydrogen) atoms. The van der Waals surface area contributed by atoms with Crippen LogP contribution in [0, 0.1) is 18.3 Å². The fourth-order valence-electron chi connectivity index (χ4n) is 2.50. The average Bonchev–Trinajstić information content (AvgIpc) is 2.67. The van der Waals surface area contributed by atoms with Crippen molar-refractivity contribution in [3.8, 4) is 6.07 Å². The molecule has 2 aromatic rings. The molecule has 1 atom stereocenters. The van der Waals surface area contributed by atoms with Crippen molar-refractivity contribution in [1.82, 2.24) is 0 Å². The Hall–Kier alpha value is -3.17. The van der Waals surface area contributed by atoms with E-state index < -0.39 is 12.0 Å². The molecule has 0 aliphatic carbocycles. The first-order valence-electron chi connectivity index (χ1n) is 8.06. The highest BCUT2D eigenvalue weighted by Crippen LogP contribution is 2.22. The Morgan fingerprint density at radius 3 is 2.58 bits per heavy atom. The molecule has 0 saturated heterocycles. The number of methoxy groups -OCH3 is 1. The summed E-state index contributed by atoms with van der Waals surface area (Å²) < 4.78 is 4.73. The lowest BCUT2D eigenvalue weighted by atomic mass is 9.97. The number of hydrogen-bond acceptors (Lipinski definition) is 6.